The molecule has 0 saturated carbocycles. The second-order valence-electron chi connectivity index (χ2n) is 4.59. The molecule has 3 N–H and O–H groups in total. The van der Waals surface area contributed by atoms with Gasteiger partial charge in [-0.15, -0.1) is 11.8 Å². The summed E-state index contributed by atoms with van der Waals surface area (Å²) in [5.41, 5.74) is 1.53. The summed E-state index contributed by atoms with van der Waals surface area (Å²) in [5.74, 6) is 0. The number of nitrogens with one attached hydrogen (secondary N) is 2. The molecule has 2 aromatic carbocycles. The Morgan fingerprint density at radius 1 is 1.23 bits per heavy atom. The highest BCUT2D eigenvalue weighted by molar-refractivity contribution is 7.98. The van der Waals surface area contributed by atoms with E-state index in [-0.39, 0.29) is 12.6 Å². The van der Waals surface area contributed by atoms with E-state index in [1.54, 1.807) is 36.0 Å². The van der Waals surface area contributed by atoms with E-state index in [0.29, 0.717) is 5.02 Å². The summed E-state index contributed by atoms with van der Waals surface area (Å²) in [6.07, 6.45) is 1.95. The van der Waals surface area contributed by atoms with Gasteiger partial charge in [0.2, 0.25) is 0 Å². The maximum atomic E-state index is 12.1. The minimum Gasteiger partial charge on any atom is -0.394 e. The predicted molar refractivity (Wildman–Crippen MR) is 91.7 cm³/mol. The van der Waals surface area contributed by atoms with Gasteiger partial charge in [0.15, 0.2) is 0 Å². The van der Waals surface area contributed by atoms with Gasteiger partial charge in [-0.1, -0.05) is 35.9 Å². The highest BCUT2D eigenvalue weighted by Gasteiger charge is 2.14. The normalized spacial score (nSPS) is 11.8. The van der Waals surface area contributed by atoms with Gasteiger partial charge >= 0.3 is 6.03 Å². The van der Waals surface area contributed by atoms with E-state index in [4.69, 9.17) is 11.6 Å². The Morgan fingerprint density at radius 2 is 1.91 bits per heavy atom. The molecule has 0 aromatic heterocycles. The number of anilines is 1. The molecule has 4 nitrogen and oxygen atoms in total. The quantitative estimate of drug-likeness (QED) is 0.725. The zero-order valence-electron chi connectivity index (χ0n) is 12.0. The molecule has 116 valence electrons. The molecule has 6 heteroatoms. The van der Waals surface area contributed by atoms with Crippen LogP contribution in [-0.2, 0) is 0 Å². The Hall–Kier alpha value is -1.69. The molecule has 0 heterocycles. The van der Waals surface area contributed by atoms with Gasteiger partial charge < -0.3 is 15.7 Å². The van der Waals surface area contributed by atoms with Gasteiger partial charge in [-0.2, -0.15) is 0 Å². The van der Waals surface area contributed by atoms with Crippen molar-refractivity contribution in [3.63, 3.8) is 0 Å². The van der Waals surface area contributed by atoms with Crippen LogP contribution in [0.2, 0.25) is 5.02 Å². The first kappa shape index (κ1) is 16.7. The fourth-order valence-electron chi connectivity index (χ4n) is 1.99. The van der Waals surface area contributed by atoms with E-state index in [9.17, 15) is 9.90 Å². The lowest BCUT2D eigenvalue weighted by atomic mass is 10.1. The third-order valence-corrected chi connectivity index (χ3v) is 4.16. The van der Waals surface area contributed by atoms with Gasteiger partial charge in [0, 0.05) is 9.92 Å². The topological polar surface area (TPSA) is 61.4 Å². The molecule has 2 amide bonds. The predicted octanol–water partition coefficient (Wildman–Crippen LogP) is 3.92. The number of urea groups is 1. The molecule has 0 radical (unpaired) electrons. The van der Waals surface area contributed by atoms with Crippen molar-refractivity contribution in [3.8, 4) is 0 Å². The lowest BCUT2D eigenvalue weighted by Crippen LogP contribution is -2.34. The van der Waals surface area contributed by atoms with E-state index in [1.807, 2.05) is 30.5 Å². The molecule has 0 spiro atoms. The van der Waals surface area contributed by atoms with Crippen LogP contribution in [0.4, 0.5) is 10.5 Å². The van der Waals surface area contributed by atoms with E-state index in [1.165, 1.54) is 0 Å². The van der Waals surface area contributed by atoms with Crippen molar-refractivity contribution in [2.75, 3.05) is 18.2 Å². The molecule has 1 unspecified atom stereocenters. The minimum atomic E-state index is -0.487. The summed E-state index contributed by atoms with van der Waals surface area (Å²) < 4.78 is 0. The van der Waals surface area contributed by atoms with E-state index < -0.39 is 6.04 Å². The number of aliphatic hydroxyl groups excluding tert-OH is 1. The van der Waals surface area contributed by atoms with Crippen LogP contribution in [0.5, 0.6) is 0 Å². The number of halogens is 1. The number of amides is 2. The Balaban J connectivity index is 2.05. The second kappa shape index (κ2) is 8.08. The zero-order valence-corrected chi connectivity index (χ0v) is 13.6. The van der Waals surface area contributed by atoms with Crippen molar-refractivity contribution in [2.45, 2.75) is 10.9 Å². The highest BCUT2D eigenvalue weighted by Crippen LogP contribution is 2.24. The van der Waals surface area contributed by atoms with Gasteiger partial charge in [0.05, 0.1) is 18.3 Å². The van der Waals surface area contributed by atoms with Crippen molar-refractivity contribution in [1.29, 1.82) is 0 Å². The van der Waals surface area contributed by atoms with Gasteiger partial charge in [-0.25, -0.2) is 4.79 Å². The summed E-state index contributed by atoms with van der Waals surface area (Å²) >= 11 is 7.39. The number of carbonyl (C=O) groups is 1. The lowest BCUT2D eigenvalue weighted by molar-refractivity contribution is 0.225. The molecule has 0 aliphatic rings. The Bertz CT molecular complexity index is 634. The molecular formula is C16H17ClN2O2S. The maximum absolute atomic E-state index is 12.1. The van der Waals surface area contributed by atoms with Crippen LogP contribution >= 0.6 is 23.4 Å². The summed E-state index contributed by atoms with van der Waals surface area (Å²) in [4.78, 5) is 13.1. The van der Waals surface area contributed by atoms with Gasteiger partial charge in [-0.3, -0.25) is 0 Å². The number of para-hydroxylation sites is 1. The average molecular weight is 337 g/mol. The summed E-state index contributed by atoms with van der Waals surface area (Å²) in [5, 5.41) is 15.6. The fourth-order valence-corrected chi connectivity index (χ4v) is 2.67. The fraction of sp³-hybridized carbons (Fsp3) is 0.188. The van der Waals surface area contributed by atoms with Gasteiger partial charge in [-0.05, 0) is 36.1 Å². The van der Waals surface area contributed by atoms with Crippen LogP contribution in [0.15, 0.2) is 53.4 Å². The monoisotopic (exact) mass is 336 g/mol. The van der Waals surface area contributed by atoms with Crippen molar-refractivity contribution >= 4 is 35.1 Å². The van der Waals surface area contributed by atoms with Gasteiger partial charge in [0.1, 0.15) is 0 Å². The van der Waals surface area contributed by atoms with Crippen LogP contribution in [-0.4, -0.2) is 24.0 Å². The molecule has 0 aliphatic carbocycles. The third kappa shape index (κ3) is 4.40. The molecule has 0 bridgehead atoms. The molecular weight excluding hydrogens is 320 g/mol. The van der Waals surface area contributed by atoms with Crippen LogP contribution in [0.3, 0.4) is 0 Å². The van der Waals surface area contributed by atoms with Crippen LogP contribution in [0.1, 0.15) is 11.6 Å². The van der Waals surface area contributed by atoms with Crippen LogP contribution in [0.25, 0.3) is 0 Å². The number of benzene rings is 2. The molecule has 2 rings (SSSR count). The lowest BCUT2D eigenvalue weighted by Gasteiger charge is -2.18. The average Bonchev–Trinajstić information content (AvgIpc) is 2.54. The SMILES string of the molecule is CSc1ccccc1NC(=O)NC(CO)c1ccc(Cl)cc1. The number of hydrogen-bond acceptors (Lipinski definition) is 3. The first-order valence-corrected chi connectivity index (χ1v) is 8.31. The molecule has 0 aliphatic heterocycles. The first-order valence-electron chi connectivity index (χ1n) is 6.71. The Labute approximate surface area is 138 Å². The molecule has 0 saturated heterocycles. The first-order chi connectivity index (χ1) is 10.6. The second-order valence-corrected chi connectivity index (χ2v) is 5.87. The van der Waals surface area contributed by atoms with Crippen molar-refractivity contribution in [1.82, 2.24) is 5.32 Å². The van der Waals surface area contributed by atoms with E-state index in [2.05, 4.69) is 10.6 Å². The maximum Gasteiger partial charge on any atom is 0.319 e. The largest absolute Gasteiger partial charge is 0.394 e. The van der Waals surface area contributed by atoms with Crippen molar-refractivity contribution in [2.24, 2.45) is 0 Å². The van der Waals surface area contributed by atoms with Crippen LogP contribution < -0.4 is 10.6 Å². The number of thioether (sulfide) groups is 1. The summed E-state index contributed by atoms with van der Waals surface area (Å²) in [7, 11) is 0. The summed E-state index contributed by atoms with van der Waals surface area (Å²) in [6.45, 7) is -0.195. The van der Waals surface area contributed by atoms with Crippen molar-refractivity contribution < 1.29 is 9.90 Å². The molecule has 1 atom stereocenters. The number of carbonyl (C=O) groups excluding carboxylic acids is 1. The zero-order chi connectivity index (χ0) is 15.9. The third-order valence-electron chi connectivity index (χ3n) is 3.12. The van der Waals surface area contributed by atoms with Crippen LogP contribution in [0, 0.1) is 0 Å². The smallest absolute Gasteiger partial charge is 0.319 e. The number of aliphatic hydroxyl groups is 1. The van der Waals surface area contributed by atoms with E-state index >= 15 is 0 Å². The number of rotatable bonds is 5. The molecule has 22 heavy (non-hydrogen) atoms. The molecule has 0 fully saturated rings. The number of hydrogen-bond donors (Lipinski definition) is 3. The molecule has 2 aromatic rings. The minimum absolute atomic E-state index is 0.195. The van der Waals surface area contributed by atoms with E-state index in [0.717, 1.165) is 16.1 Å². The Morgan fingerprint density at radius 3 is 2.55 bits per heavy atom. The van der Waals surface area contributed by atoms with Gasteiger partial charge in [0.25, 0.3) is 0 Å². The standard InChI is InChI=1S/C16H17ClN2O2S/c1-22-15-5-3-2-4-13(15)18-16(21)19-14(10-20)11-6-8-12(17)9-7-11/h2-9,14,20H,10H2,1H3,(H2,18,19,21). The summed E-state index contributed by atoms with van der Waals surface area (Å²) in [6, 6.07) is 13.7. The van der Waals surface area contributed by atoms with Crippen molar-refractivity contribution in [3.05, 3.63) is 59.1 Å². The Kier molecular flexibility index (Phi) is 6.12. The highest BCUT2D eigenvalue weighted by atomic mass is 35.5.